The summed E-state index contributed by atoms with van der Waals surface area (Å²) >= 11 is 1.07. The molecule has 1 atom stereocenters. The predicted octanol–water partition coefficient (Wildman–Crippen LogP) is 4.29. The summed E-state index contributed by atoms with van der Waals surface area (Å²) in [4.78, 5) is 11.7. The number of carboxylic acid groups (broad SMARTS) is 1. The first-order valence-electron chi connectivity index (χ1n) is 8.71. The third kappa shape index (κ3) is 4.30. The number of phenols is 1. The number of anilines is 1. The summed E-state index contributed by atoms with van der Waals surface area (Å²) in [6, 6.07) is 11.1. The Morgan fingerprint density at radius 3 is 2.34 bits per heavy atom. The van der Waals surface area contributed by atoms with E-state index in [2.05, 4.69) is 4.72 Å². The zero-order chi connectivity index (χ0) is 21.4. The Balaban J connectivity index is 2.13. The van der Waals surface area contributed by atoms with Gasteiger partial charge in [0.1, 0.15) is 4.21 Å². The maximum atomic E-state index is 12.7. The van der Waals surface area contributed by atoms with Crippen molar-refractivity contribution in [2.24, 2.45) is 5.41 Å². The first-order valence-corrected chi connectivity index (χ1v) is 11.1. The lowest BCUT2D eigenvalue weighted by Gasteiger charge is -2.28. The number of aromatic hydroxyl groups is 1. The monoisotopic (exact) mass is 435 g/mol. The van der Waals surface area contributed by atoms with Gasteiger partial charge >= 0.3 is 5.97 Å². The van der Waals surface area contributed by atoms with Crippen LogP contribution in [0.5, 0.6) is 11.5 Å². The van der Waals surface area contributed by atoms with Crippen LogP contribution in [0.2, 0.25) is 0 Å². The van der Waals surface area contributed by atoms with Crippen molar-refractivity contribution in [1.82, 2.24) is 0 Å². The Morgan fingerprint density at radius 2 is 1.79 bits per heavy atom. The molecule has 1 unspecified atom stereocenters. The van der Waals surface area contributed by atoms with Gasteiger partial charge in [-0.25, -0.2) is 13.2 Å². The third-order valence-electron chi connectivity index (χ3n) is 4.24. The first kappa shape index (κ1) is 20.9. The van der Waals surface area contributed by atoms with Crippen molar-refractivity contribution < 1.29 is 28.2 Å². The normalized spacial score (nSPS) is 13.2. The van der Waals surface area contributed by atoms with Crippen molar-refractivity contribution in [2.75, 3.05) is 4.72 Å². The minimum Gasteiger partial charge on any atom is -0.504 e. The van der Waals surface area contributed by atoms with Crippen LogP contribution in [-0.4, -0.2) is 30.7 Å². The van der Waals surface area contributed by atoms with Crippen molar-refractivity contribution in [3.05, 3.63) is 47.8 Å². The molecule has 0 bridgehead atoms. The number of carbonyl (C=O) groups is 1. The van der Waals surface area contributed by atoms with Crippen LogP contribution in [0, 0.1) is 5.41 Å². The second-order valence-corrected chi connectivity index (χ2v) is 10.4. The number of benzene rings is 2. The maximum Gasteiger partial charge on any atom is 0.345 e. The largest absolute Gasteiger partial charge is 0.504 e. The van der Waals surface area contributed by atoms with Crippen LogP contribution in [0.3, 0.4) is 0 Å². The zero-order valence-corrected chi connectivity index (χ0v) is 17.7. The van der Waals surface area contributed by atoms with Gasteiger partial charge in [-0.1, -0.05) is 51.1 Å². The van der Waals surface area contributed by atoms with Crippen molar-refractivity contribution in [2.45, 2.75) is 31.1 Å². The lowest BCUT2D eigenvalue weighted by molar-refractivity contribution is -0.150. The highest BCUT2D eigenvalue weighted by molar-refractivity contribution is 7.94. The van der Waals surface area contributed by atoms with Crippen LogP contribution in [0.25, 0.3) is 10.8 Å². The van der Waals surface area contributed by atoms with Crippen molar-refractivity contribution in [1.29, 1.82) is 0 Å². The van der Waals surface area contributed by atoms with Gasteiger partial charge in [0.25, 0.3) is 10.0 Å². The Morgan fingerprint density at radius 1 is 1.14 bits per heavy atom. The van der Waals surface area contributed by atoms with Crippen LogP contribution < -0.4 is 9.46 Å². The summed E-state index contributed by atoms with van der Waals surface area (Å²) in [5.74, 6) is -1.56. The molecule has 29 heavy (non-hydrogen) atoms. The van der Waals surface area contributed by atoms with E-state index < -0.39 is 27.5 Å². The molecule has 1 heterocycles. The number of phenolic OH excluding ortho intramolecular Hbond substituents is 1. The molecule has 2 aromatic carbocycles. The van der Waals surface area contributed by atoms with Gasteiger partial charge < -0.3 is 14.9 Å². The predicted molar refractivity (Wildman–Crippen MR) is 112 cm³/mol. The molecule has 154 valence electrons. The standard InChI is InChI=1S/C20H21NO6S2/c1-20(2,3)18(19(23)24)27-15-11-14(12-7-4-5-8-13(12)17(15)22)21-29(25,26)16-9-6-10-28-16/h4-11,18,21-22H,1-3H3,(H,23,24). The molecule has 3 N–H and O–H groups in total. The van der Waals surface area contributed by atoms with E-state index in [1.165, 1.54) is 12.1 Å². The number of hydrogen-bond donors (Lipinski definition) is 3. The number of aliphatic carboxylic acids is 1. The van der Waals surface area contributed by atoms with E-state index >= 15 is 0 Å². The van der Waals surface area contributed by atoms with Crippen LogP contribution >= 0.6 is 11.3 Å². The molecule has 3 rings (SSSR count). The Kier molecular flexibility index (Phi) is 5.46. The average molecular weight is 436 g/mol. The van der Waals surface area contributed by atoms with E-state index in [9.17, 15) is 23.4 Å². The highest BCUT2D eigenvalue weighted by Gasteiger charge is 2.34. The zero-order valence-electron chi connectivity index (χ0n) is 16.0. The highest BCUT2D eigenvalue weighted by atomic mass is 32.2. The maximum absolute atomic E-state index is 12.7. The van der Waals surface area contributed by atoms with E-state index in [-0.39, 0.29) is 21.4 Å². The average Bonchev–Trinajstić information content (AvgIpc) is 3.17. The number of ether oxygens (including phenoxy) is 1. The SMILES string of the molecule is CC(C)(C)C(Oc1cc(NS(=O)(=O)c2cccs2)c2ccccc2c1O)C(=O)O. The van der Waals surface area contributed by atoms with Crippen LogP contribution in [0.4, 0.5) is 5.69 Å². The number of sulfonamides is 1. The fourth-order valence-electron chi connectivity index (χ4n) is 2.84. The lowest BCUT2D eigenvalue weighted by Crippen LogP contribution is -2.39. The smallest absolute Gasteiger partial charge is 0.345 e. The van der Waals surface area contributed by atoms with Crippen molar-refractivity contribution in [3.63, 3.8) is 0 Å². The van der Waals surface area contributed by atoms with Gasteiger partial charge in [-0.2, -0.15) is 0 Å². The summed E-state index contributed by atoms with van der Waals surface area (Å²) in [6.07, 6.45) is -1.25. The molecule has 0 amide bonds. The fraction of sp³-hybridized carbons (Fsp3) is 0.250. The molecule has 0 saturated heterocycles. The lowest BCUT2D eigenvalue weighted by atomic mass is 9.89. The van der Waals surface area contributed by atoms with Gasteiger partial charge in [0.05, 0.1) is 5.69 Å². The quantitative estimate of drug-likeness (QED) is 0.498. The second kappa shape index (κ2) is 7.57. The number of nitrogens with one attached hydrogen (secondary N) is 1. The third-order valence-corrected chi connectivity index (χ3v) is 7.00. The molecule has 0 radical (unpaired) electrons. The second-order valence-electron chi connectivity index (χ2n) is 7.56. The molecule has 0 spiro atoms. The topological polar surface area (TPSA) is 113 Å². The minimum absolute atomic E-state index is 0.116. The molecule has 0 fully saturated rings. The first-order chi connectivity index (χ1) is 13.5. The number of fused-ring (bicyclic) bond motifs is 1. The van der Waals surface area contributed by atoms with Gasteiger partial charge in [-0.05, 0) is 11.4 Å². The molecule has 0 aliphatic rings. The molecular weight excluding hydrogens is 414 g/mol. The van der Waals surface area contributed by atoms with Gasteiger partial charge in [0, 0.05) is 22.3 Å². The summed E-state index contributed by atoms with van der Waals surface area (Å²) in [5, 5.41) is 22.6. The summed E-state index contributed by atoms with van der Waals surface area (Å²) in [7, 11) is -3.85. The Bertz CT molecular complexity index is 1150. The Hall–Kier alpha value is -2.78. The van der Waals surface area contributed by atoms with Gasteiger partial charge in [0.15, 0.2) is 11.5 Å². The minimum atomic E-state index is -3.85. The van der Waals surface area contributed by atoms with Crippen molar-refractivity contribution >= 4 is 43.8 Å². The van der Waals surface area contributed by atoms with Crippen LogP contribution in [-0.2, 0) is 14.8 Å². The highest BCUT2D eigenvalue weighted by Crippen LogP contribution is 2.42. The van der Waals surface area contributed by atoms with Gasteiger partial charge in [-0.3, -0.25) is 4.72 Å². The molecule has 9 heteroatoms. The van der Waals surface area contributed by atoms with Crippen LogP contribution in [0.15, 0.2) is 52.1 Å². The summed E-state index contributed by atoms with van der Waals surface area (Å²) in [6.45, 7) is 5.10. The fourth-order valence-corrected chi connectivity index (χ4v) is 4.91. The van der Waals surface area contributed by atoms with Gasteiger partial charge in [0.2, 0.25) is 6.10 Å². The molecular formula is C20H21NO6S2. The van der Waals surface area contributed by atoms with E-state index in [1.54, 1.807) is 56.5 Å². The molecule has 7 nitrogen and oxygen atoms in total. The van der Waals surface area contributed by atoms with Crippen molar-refractivity contribution in [3.8, 4) is 11.5 Å². The number of hydrogen-bond acceptors (Lipinski definition) is 6. The summed E-state index contributed by atoms with van der Waals surface area (Å²) < 4.78 is 33.7. The number of thiophene rings is 1. The van der Waals surface area contributed by atoms with Crippen LogP contribution in [0.1, 0.15) is 20.8 Å². The number of carboxylic acids is 1. The van der Waals surface area contributed by atoms with E-state index in [0.717, 1.165) is 11.3 Å². The van der Waals surface area contributed by atoms with Gasteiger partial charge in [-0.15, -0.1) is 11.3 Å². The molecule has 1 aromatic heterocycles. The molecule has 0 saturated carbocycles. The van der Waals surface area contributed by atoms with E-state index in [4.69, 9.17) is 4.74 Å². The van der Waals surface area contributed by atoms with E-state index in [0.29, 0.717) is 10.8 Å². The summed E-state index contributed by atoms with van der Waals surface area (Å²) in [5.41, 5.74) is -0.583. The number of rotatable bonds is 6. The molecule has 0 aliphatic heterocycles. The molecule has 3 aromatic rings. The van der Waals surface area contributed by atoms with E-state index in [1.807, 2.05) is 0 Å². The molecule has 0 aliphatic carbocycles. The Labute approximate surface area is 172 Å².